The zero-order valence-electron chi connectivity index (χ0n) is 13.1. The van der Waals surface area contributed by atoms with Crippen molar-refractivity contribution in [1.82, 2.24) is 4.90 Å². The minimum atomic E-state index is -0.837. The maximum absolute atomic E-state index is 11.9. The Kier molecular flexibility index (Phi) is 5.23. The fourth-order valence-electron chi connectivity index (χ4n) is 3.12. The van der Waals surface area contributed by atoms with Gasteiger partial charge in [0.2, 0.25) is 0 Å². The topological polar surface area (TPSA) is 52.6 Å². The van der Waals surface area contributed by atoms with Crippen LogP contribution in [0.4, 0.5) is 5.69 Å². The molecule has 1 aliphatic rings. The van der Waals surface area contributed by atoms with Crippen LogP contribution in [-0.4, -0.2) is 41.1 Å². The largest absolute Gasteiger partial charge is 0.480 e. The number of carboxylic acid groups (broad SMARTS) is 1. The van der Waals surface area contributed by atoms with Gasteiger partial charge >= 0.3 is 5.97 Å². The van der Waals surface area contributed by atoms with Gasteiger partial charge in [0.1, 0.15) is 5.54 Å². The Labute approximate surface area is 127 Å². The van der Waals surface area contributed by atoms with Gasteiger partial charge in [-0.15, -0.1) is 0 Å². The Morgan fingerprint density at radius 2 is 2.19 bits per heavy atom. The SMILES string of the molecule is CCCN1CCCC(Nc2cccc(C)c2)(C(=O)O)CC1. The van der Waals surface area contributed by atoms with Crippen molar-refractivity contribution in [2.45, 2.75) is 45.1 Å². The number of rotatable bonds is 5. The number of aliphatic carboxylic acids is 1. The molecule has 0 saturated carbocycles. The quantitative estimate of drug-likeness (QED) is 0.875. The summed E-state index contributed by atoms with van der Waals surface area (Å²) in [6.45, 7) is 7.09. The molecule has 1 heterocycles. The number of aryl methyl sites for hydroxylation is 1. The summed E-state index contributed by atoms with van der Waals surface area (Å²) in [4.78, 5) is 14.3. The number of benzene rings is 1. The van der Waals surface area contributed by atoms with Crippen molar-refractivity contribution < 1.29 is 9.90 Å². The Hall–Kier alpha value is -1.55. The molecule has 1 aliphatic heterocycles. The van der Waals surface area contributed by atoms with E-state index in [1.807, 2.05) is 31.2 Å². The van der Waals surface area contributed by atoms with E-state index < -0.39 is 11.5 Å². The smallest absolute Gasteiger partial charge is 0.329 e. The molecule has 1 aromatic rings. The molecule has 1 saturated heterocycles. The Morgan fingerprint density at radius 3 is 2.86 bits per heavy atom. The van der Waals surface area contributed by atoms with Crippen LogP contribution in [0.5, 0.6) is 0 Å². The van der Waals surface area contributed by atoms with E-state index in [0.717, 1.165) is 43.7 Å². The van der Waals surface area contributed by atoms with Crippen LogP contribution in [0.1, 0.15) is 38.2 Å². The van der Waals surface area contributed by atoms with Gasteiger partial charge in [-0.1, -0.05) is 19.1 Å². The van der Waals surface area contributed by atoms with Crippen LogP contribution in [0.3, 0.4) is 0 Å². The van der Waals surface area contributed by atoms with Crippen LogP contribution >= 0.6 is 0 Å². The van der Waals surface area contributed by atoms with E-state index in [1.54, 1.807) is 0 Å². The van der Waals surface area contributed by atoms with Crippen molar-refractivity contribution in [3.05, 3.63) is 29.8 Å². The monoisotopic (exact) mass is 290 g/mol. The maximum atomic E-state index is 11.9. The van der Waals surface area contributed by atoms with E-state index in [-0.39, 0.29) is 0 Å². The van der Waals surface area contributed by atoms with Gasteiger partial charge in [-0.3, -0.25) is 0 Å². The van der Waals surface area contributed by atoms with Gasteiger partial charge in [0.25, 0.3) is 0 Å². The molecule has 0 bridgehead atoms. The van der Waals surface area contributed by atoms with Crippen LogP contribution in [-0.2, 0) is 4.79 Å². The van der Waals surface area contributed by atoms with Crippen molar-refractivity contribution in [1.29, 1.82) is 0 Å². The standard InChI is InChI=1S/C17H26N2O2/c1-3-10-19-11-5-8-17(9-12-19,16(20)21)18-15-7-4-6-14(2)13-15/h4,6-7,13,18H,3,5,8-12H2,1-2H3,(H,20,21). The number of carboxylic acids is 1. The number of carbonyl (C=O) groups is 1. The molecule has 1 unspecified atom stereocenters. The van der Waals surface area contributed by atoms with E-state index in [1.165, 1.54) is 0 Å². The summed E-state index contributed by atoms with van der Waals surface area (Å²) >= 11 is 0. The number of nitrogens with one attached hydrogen (secondary N) is 1. The molecule has 0 spiro atoms. The van der Waals surface area contributed by atoms with Crippen LogP contribution < -0.4 is 5.32 Å². The first-order valence-corrected chi connectivity index (χ1v) is 7.86. The first-order chi connectivity index (χ1) is 10.1. The maximum Gasteiger partial charge on any atom is 0.329 e. The summed E-state index contributed by atoms with van der Waals surface area (Å²) in [5.41, 5.74) is 1.21. The van der Waals surface area contributed by atoms with E-state index in [0.29, 0.717) is 12.8 Å². The van der Waals surface area contributed by atoms with Gasteiger partial charge in [-0.05, 0) is 63.4 Å². The van der Waals surface area contributed by atoms with Gasteiger partial charge < -0.3 is 15.3 Å². The highest BCUT2D eigenvalue weighted by atomic mass is 16.4. The van der Waals surface area contributed by atoms with Crippen molar-refractivity contribution in [2.24, 2.45) is 0 Å². The Morgan fingerprint density at radius 1 is 1.38 bits per heavy atom. The molecule has 0 radical (unpaired) electrons. The third kappa shape index (κ3) is 3.97. The lowest BCUT2D eigenvalue weighted by Crippen LogP contribution is -2.47. The molecular weight excluding hydrogens is 264 g/mol. The number of anilines is 1. The molecule has 4 heteroatoms. The van der Waals surface area contributed by atoms with E-state index in [4.69, 9.17) is 0 Å². The Balaban J connectivity index is 2.15. The molecule has 2 rings (SSSR count). The molecule has 4 nitrogen and oxygen atoms in total. The minimum absolute atomic E-state index is 0.649. The molecule has 0 aromatic heterocycles. The lowest BCUT2D eigenvalue weighted by Gasteiger charge is -2.30. The summed E-state index contributed by atoms with van der Waals surface area (Å²) in [6.07, 6.45) is 3.36. The molecule has 1 fully saturated rings. The normalized spacial score (nSPS) is 23.5. The van der Waals surface area contributed by atoms with Crippen LogP contribution in [0.25, 0.3) is 0 Å². The lowest BCUT2D eigenvalue weighted by molar-refractivity contribution is -0.142. The summed E-state index contributed by atoms with van der Waals surface area (Å²) in [5, 5.41) is 13.1. The first-order valence-electron chi connectivity index (χ1n) is 7.86. The fourth-order valence-corrected chi connectivity index (χ4v) is 3.12. The fraction of sp³-hybridized carbons (Fsp3) is 0.588. The number of likely N-dealkylation sites (tertiary alicyclic amines) is 1. The minimum Gasteiger partial charge on any atom is -0.480 e. The predicted molar refractivity (Wildman–Crippen MR) is 85.8 cm³/mol. The van der Waals surface area contributed by atoms with Gasteiger partial charge in [-0.2, -0.15) is 0 Å². The van der Waals surface area contributed by atoms with Gasteiger partial charge in [-0.25, -0.2) is 4.79 Å². The van der Waals surface area contributed by atoms with Gasteiger partial charge in [0, 0.05) is 12.2 Å². The molecular formula is C17H26N2O2. The zero-order chi connectivity index (χ0) is 15.3. The number of hydrogen-bond donors (Lipinski definition) is 2. The highest BCUT2D eigenvalue weighted by Gasteiger charge is 2.39. The van der Waals surface area contributed by atoms with Crippen LogP contribution in [0.2, 0.25) is 0 Å². The van der Waals surface area contributed by atoms with Crippen molar-refractivity contribution in [3.63, 3.8) is 0 Å². The second-order valence-corrected chi connectivity index (χ2v) is 6.08. The van der Waals surface area contributed by atoms with E-state index in [2.05, 4.69) is 17.1 Å². The van der Waals surface area contributed by atoms with Crippen LogP contribution in [0.15, 0.2) is 24.3 Å². The Bertz CT molecular complexity index is 489. The molecule has 21 heavy (non-hydrogen) atoms. The average Bonchev–Trinajstić information content (AvgIpc) is 2.63. The van der Waals surface area contributed by atoms with Crippen LogP contribution in [0, 0.1) is 6.92 Å². The van der Waals surface area contributed by atoms with Crippen molar-refractivity contribution in [3.8, 4) is 0 Å². The highest BCUT2D eigenvalue weighted by molar-refractivity contribution is 5.83. The third-order valence-electron chi connectivity index (χ3n) is 4.28. The predicted octanol–water partition coefficient (Wildman–Crippen LogP) is 3.13. The van der Waals surface area contributed by atoms with E-state index in [9.17, 15) is 9.90 Å². The molecule has 0 aliphatic carbocycles. The number of hydrogen-bond acceptors (Lipinski definition) is 3. The highest BCUT2D eigenvalue weighted by Crippen LogP contribution is 2.28. The number of nitrogens with zero attached hydrogens (tertiary/aromatic N) is 1. The van der Waals surface area contributed by atoms with E-state index >= 15 is 0 Å². The van der Waals surface area contributed by atoms with Gasteiger partial charge in [0.15, 0.2) is 0 Å². The molecule has 116 valence electrons. The second kappa shape index (κ2) is 6.94. The average molecular weight is 290 g/mol. The van der Waals surface area contributed by atoms with Gasteiger partial charge in [0.05, 0.1) is 0 Å². The van der Waals surface area contributed by atoms with Crippen molar-refractivity contribution >= 4 is 11.7 Å². The lowest BCUT2D eigenvalue weighted by atomic mass is 9.90. The summed E-state index contributed by atoms with van der Waals surface area (Å²) in [7, 11) is 0. The molecule has 2 N–H and O–H groups in total. The third-order valence-corrected chi connectivity index (χ3v) is 4.28. The molecule has 1 atom stereocenters. The summed E-state index contributed by atoms with van der Waals surface area (Å²) < 4.78 is 0. The molecule has 1 aromatic carbocycles. The van der Waals surface area contributed by atoms with Crippen molar-refractivity contribution in [2.75, 3.05) is 25.0 Å². The molecule has 0 amide bonds. The summed E-state index contributed by atoms with van der Waals surface area (Å²) in [6, 6.07) is 7.95. The first kappa shape index (κ1) is 15.8. The second-order valence-electron chi connectivity index (χ2n) is 6.08. The summed E-state index contributed by atoms with van der Waals surface area (Å²) in [5.74, 6) is -0.734. The zero-order valence-corrected chi connectivity index (χ0v) is 13.1.